The van der Waals surface area contributed by atoms with E-state index in [0.717, 1.165) is 41.8 Å². The first-order valence-electron chi connectivity index (χ1n) is 7.26. The van der Waals surface area contributed by atoms with Gasteiger partial charge in [0, 0.05) is 30.1 Å². The molecule has 0 bridgehead atoms. The second-order valence-corrected chi connectivity index (χ2v) is 4.90. The third-order valence-electron chi connectivity index (χ3n) is 3.26. The van der Waals surface area contributed by atoms with Gasteiger partial charge in [0.2, 0.25) is 5.91 Å². The van der Waals surface area contributed by atoms with Crippen molar-refractivity contribution in [3.05, 3.63) is 30.0 Å². The number of hydrogen-bond donors (Lipinski definition) is 2. The van der Waals surface area contributed by atoms with Gasteiger partial charge in [-0.05, 0) is 25.1 Å². The van der Waals surface area contributed by atoms with Crippen molar-refractivity contribution in [2.24, 2.45) is 0 Å². The first-order chi connectivity index (χ1) is 10.2. The summed E-state index contributed by atoms with van der Waals surface area (Å²) in [5, 5.41) is 7.10. The van der Waals surface area contributed by atoms with Gasteiger partial charge in [-0.25, -0.2) is 0 Å². The summed E-state index contributed by atoms with van der Waals surface area (Å²) >= 11 is 0. The molecule has 1 aromatic heterocycles. The van der Waals surface area contributed by atoms with E-state index in [1.165, 1.54) is 0 Å². The Bertz CT molecular complexity index is 598. The Kier molecular flexibility index (Phi) is 7.77. The largest absolute Gasteiger partial charge is 0.497 e. The minimum Gasteiger partial charge on any atom is -0.497 e. The Labute approximate surface area is 136 Å². The van der Waals surface area contributed by atoms with E-state index in [4.69, 9.17) is 9.15 Å². The highest BCUT2D eigenvalue weighted by Crippen LogP contribution is 2.25. The molecule has 0 fully saturated rings. The van der Waals surface area contributed by atoms with Crippen LogP contribution in [-0.2, 0) is 11.2 Å². The molecule has 2 N–H and O–H groups in total. The van der Waals surface area contributed by atoms with Crippen LogP contribution in [0.25, 0.3) is 11.0 Å². The van der Waals surface area contributed by atoms with Crippen molar-refractivity contribution in [1.82, 2.24) is 10.6 Å². The monoisotopic (exact) mass is 326 g/mol. The number of amides is 1. The van der Waals surface area contributed by atoms with Crippen molar-refractivity contribution in [3.63, 3.8) is 0 Å². The fourth-order valence-corrected chi connectivity index (χ4v) is 2.15. The lowest BCUT2D eigenvalue weighted by molar-refractivity contribution is -0.120. The minimum absolute atomic E-state index is 0. The van der Waals surface area contributed by atoms with Crippen LogP contribution < -0.4 is 15.4 Å². The van der Waals surface area contributed by atoms with E-state index in [-0.39, 0.29) is 18.3 Å². The van der Waals surface area contributed by atoms with Crippen molar-refractivity contribution in [1.29, 1.82) is 0 Å². The number of rotatable bonds is 8. The molecule has 0 aliphatic heterocycles. The second-order valence-electron chi connectivity index (χ2n) is 4.90. The van der Waals surface area contributed by atoms with Crippen LogP contribution in [0.3, 0.4) is 0 Å². The fraction of sp³-hybridized carbons (Fsp3) is 0.438. The van der Waals surface area contributed by atoms with Crippen LogP contribution in [0.2, 0.25) is 0 Å². The molecule has 2 aromatic rings. The average Bonchev–Trinajstić information content (AvgIpc) is 2.89. The van der Waals surface area contributed by atoms with Gasteiger partial charge in [-0.1, -0.05) is 6.92 Å². The maximum absolute atomic E-state index is 11.9. The van der Waals surface area contributed by atoms with Gasteiger partial charge in [0.05, 0.1) is 19.8 Å². The molecule has 1 heterocycles. The molecular formula is C16H23ClN2O3. The molecule has 0 aliphatic carbocycles. The highest BCUT2D eigenvalue weighted by molar-refractivity contribution is 5.88. The van der Waals surface area contributed by atoms with Gasteiger partial charge in [-0.15, -0.1) is 12.4 Å². The summed E-state index contributed by atoms with van der Waals surface area (Å²) < 4.78 is 10.6. The SMILES string of the molecule is CCCNCCNC(=O)Cc1coc2cc(OC)ccc12.Cl. The van der Waals surface area contributed by atoms with Gasteiger partial charge >= 0.3 is 0 Å². The van der Waals surface area contributed by atoms with E-state index in [0.29, 0.717) is 13.0 Å². The molecule has 0 radical (unpaired) electrons. The third kappa shape index (κ3) is 4.93. The number of carbonyl (C=O) groups is 1. The van der Waals surface area contributed by atoms with Crippen LogP contribution in [0.4, 0.5) is 0 Å². The van der Waals surface area contributed by atoms with Crippen molar-refractivity contribution in [3.8, 4) is 5.75 Å². The molecule has 0 aliphatic rings. The quantitative estimate of drug-likeness (QED) is 0.732. The molecule has 0 unspecified atom stereocenters. The van der Waals surface area contributed by atoms with Crippen LogP contribution in [0.1, 0.15) is 18.9 Å². The molecule has 122 valence electrons. The molecule has 6 heteroatoms. The zero-order chi connectivity index (χ0) is 15.1. The smallest absolute Gasteiger partial charge is 0.224 e. The van der Waals surface area contributed by atoms with Gasteiger partial charge in [0.25, 0.3) is 0 Å². The van der Waals surface area contributed by atoms with Crippen LogP contribution in [0, 0.1) is 0 Å². The summed E-state index contributed by atoms with van der Waals surface area (Å²) in [6, 6.07) is 5.61. The molecule has 1 aromatic carbocycles. The molecule has 0 saturated heterocycles. The Morgan fingerprint density at radius 2 is 2.09 bits per heavy atom. The highest BCUT2D eigenvalue weighted by atomic mass is 35.5. The fourth-order valence-electron chi connectivity index (χ4n) is 2.15. The molecule has 1 amide bonds. The molecule has 0 spiro atoms. The second kappa shape index (κ2) is 9.33. The summed E-state index contributed by atoms with van der Waals surface area (Å²) in [6.45, 7) is 4.53. The number of halogens is 1. The van der Waals surface area contributed by atoms with E-state index in [2.05, 4.69) is 17.6 Å². The van der Waals surface area contributed by atoms with Gasteiger partial charge < -0.3 is 19.8 Å². The van der Waals surface area contributed by atoms with Gasteiger partial charge in [0.1, 0.15) is 11.3 Å². The van der Waals surface area contributed by atoms with Crippen molar-refractivity contribution in [2.75, 3.05) is 26.7 Å². The lowest BCUT2D eigenvalue weighted by atomic mass is 10.1. The number of carbonyl (C=O) groups excluding carboxylic acids is 1. The van der Waals surface area contributed by atoms with Crippen LogP contribution in [0.15, 0.2) is 28.9 Å². The topological polar surface area (TPSA) is 63.5 Å². The van der Waals surface area contributed by atoms with E-state index in [1.54, 1.807) is 13.4 Å². The van der Waals surface area contributed by atoms with E-state index in [1.807, 2.05) is 18.2 Å². The summed E-state index contributed by atoms with van der Waals surface area (Å²) in [6.07, 6.45) is 3.06. The molecule has 2 rings (SSSR count). The lowest BCUT2D eigenvalue weighted by Crippen LogP contribution is -2.32. The maximum atomic E-state index is 11.9. The van der Waals surface area contributed by atoms with Gasteiger partial charge in [-0.3, -0.25) is 4.79 Å². The highest BCUT2D eigenvalue weighted by Gasteiger charge is 2.10. The third-order valence-corrected chi connectivity index (χ3v) is 3.26. The standard InChI is InChI=1S/C16H22N2O3.ClH/c1-3-6-17-7-8-18-16(19)9-12-11-21-15-10-13(20-2)4-5-14(12)15;/h4-5,10-11,17H,3,6-9H2,1-2H3,(H,18,19);1H. The van der Waals surface area contributed by atoms with E-state index < -0.39 is 0 Å². The zero-order valence-corrected chi connectivity index (χ0v) is 13.8. The van der Waals surface area contributed by atoms with Crippen LogP contribution in [0.5, 0.6) is 5.75 Å². The normalized spacial score (nSPS) is 10.3. The zero-order valence-electron chi connectivity index (χ0n) is 13.0. The van der Waals surface area contributed by atoms with Gasteiger partial charge in [-0.2, -0.15) is 0 Å². The predicted molar refractivity (Wildman–Crippen MR) is 89.9 cm³/mol. The molecule has 5 nitrogen and oxygen atoms in total. The number of fused-ring (bicyclic) bond motifs is 1. The summed E-state index contributed by atoms with van der Waals surface area (Å²) in [4.78, 5) is 11.9. The molecule has 0 saturated carbocycles. The number of hydrogen-bond acceptors (Lipinski definition) is 4. The number of benzene rings is 1. The maximum Gasteiger partial charge on any atom is 0.224 e. The Morgan fingerprint density at radius 1 is 1.27 bits per heavy atom. The Morgan fingerprint density at radius 3 is 2.82 bits per heavy atom. The van der Waals surface area contributed by atoms with Crippen LogP contribution >= 0.6 is 12.4 Å². The number of ether oxygens (including phenoxy) is 1. The number of methoxy groups -OCH3 is 1. The molecule has 22 heavy (non-hydrogen) atoms. The number of furan rings is 1. The molecule has 0 atom stereocenters. The van der Waals surface area contributed by atoms with Crippen molar-refractivity contribution < 1.29 is 13.9 Å². The predicted octanol–water partition coefficient (Wildman–Crippen LogP) is 2.52. The average molecular weight is 327 g/mol. The summed E-state index contributed by atoms with van der Waals surface area (Å²) in [7, 11) is 1.62. The van der Waals surface area contributed by atoms with E-state index >= 15 is 0 Å². The minimum atomic E-state index is 0. The first kappa shape index (κ1) is 18.3. The first-order valence-corrected chi connectivity index (χ1v) is 7.26. The van der Waals surface area contributed by atoms with Crippen molar-refractivity contribution >= 4 is 29.3 Å². The Hall–Kier alpha value is -1.72. The van der Waals surface area contributed by atoms with E-state index in [9.17, 15) is 4.79 Å². The van der Waals surface area contributed by atoms with Crippen molar-refractivity contribution in [2.45, 2.75) is 19.8 Å². The Balaban J connectivity index is 0.00000242. The summed E-state index contributed by atoms with van der Waals surface area (Å²) in [5.74, 6) is 0.752. The van der Waals surface area contributed by atoms with Gasteiger partial charge in [0.15, 0.2) is 0 Å². The molecular weight excluding hydrogens is 304 g/mol. The number of nitrogens with one attached hydrogen (secondary N) is 2. The lowest BCUT2D eigenvalue weighted by Gasteiger charge is -2.05. The van der Waals surface area contributed by atoms with Crippen LogP contribution in [-0.4, -0.2) is 32.7 Å². The summed E-state index contributed by atoms with van der Waals surface area (Å²) in [5.41, 5.74) is 1.63.